The van der Waals surface area contributed by atoms with Gasteiger partial charge in [0, 0.05) is 5.41 Å². The van der Waals surface area contributed by atoms with Crippen molar-refractivity contribution in [3.8, 4) is 0 Å². The summed E-state index contributed by atoms with van der Waals surface area (Å²) in [6, 6.07) is 0. The molecule has 0 amide bonds. The average molecular weight is 423 g/mol. The maximum Gasteiger partial charge on any atom is 0.161 e. The van der Waals surface area contributed by atoms with Crippen LogP contribution in [0.2, 0.25) is 0 Å². The molecule has 1 heteroatoms. The van der Waals surface area contributed by atoms with Crippen LogP contribution in [0.5, 0.6) is 0 Å². The van der Waals surface area contributed by atoms with Crippen molar-refractivity contribution in [1.82, 2.24) is 0 Å². The van der Waals surface area contributed by atoms with Gasteiger partial charge < -0.3 is 0 Å². The minimum atomic E-state index is -0.218. The van der Waals surface area contributed by atoms with Gasteiger partial charge in [0.25, 0.3) is 0 Å². The zero-order valence-electron chi connectivity index (χ0n) is 21.3. The SMILES string of the molecule is C=C(C)[C@@H]1CC[C@]2(C)CC[C@]3(C)[C@@H](CC[C@@H]4[C@@]5(C)C=CC(=O)C(C)(C)[C@@H]5CC[C@]43C)[C@@H]12. The fourth-order valence-electron chi connectivity index (χ4n) is 10.8. The number of hydrogen-bond acceptors (Lipinski definition) is 1. The predicted octanol–water partition coefficient (Wildman–Crippen LogP) is 8.01. The molecule has 0 spiro atoms. The van der Waals surface area contributed by atoms with E-state index in [1.165, 1.54) is 56.9 Å². The summed E-state index contributed by atoms with van der Waals surface area (Å²) in [7, 11) is 0. The summed E-state index contributed by atoms with van der Waals surface area (Å²) in [4.78, 5) is 12.8. The van der Waals surface area contributed by atoms with Crippen LogP contribution in [0.3, 0.4) is 0 Å². The Hall–Kier alpha value is -0.850. The number of allylic oxidation sites excluding steroid dienone is 3. The number of ketones is 1. The smallest absolute Gasteiger partial charge is 0.161 e. The van der Waals surface area contributed by atoms with Crippen molar-refractivity contribution in [3.05, 3.63) is 24.3 Å². The minimum Gasteiger partial charge on any atom is -0.294 e. The number of rotatable bonds is 1. The highest BCUT2D eigenvalue weighted by molar-refractivity contribution is 5.95. The summed E-state index contributed by atoms with van der Waals surface area (Å²) in [5.41, 5.74) is 2.68. The lowest BCUT2D eigenvalue weighted by atomic mass is 9.33. The molecule has 0 bridgehead atoms. The number of carbonyl (C=O) groups is 1. The Labute approximate surface area is 191 Å². The van der Waals surface area contributed by atoms with Crippen molar-refractivity contribution in [2.45, 2.75) is 99.8 Å². The van der Waals surface area contributed by atoms with Crippen LogP contribution in [-0.4, -0.2) is 5.78 Å². The first kappa shape index (κ1) is 22.0. The van der Waals surface area contributed by atoms with Crippen molar-refractivity contribution in [1.29, 1.82) is 0 Å². The van der Waals surface area contributed by atoms with Gasteiger partial charge in [0.15, 0.2) is 5.78 Å². The molecule has 5 aliphatic carbocycles. The Kier molecular flexibility index (Phi) is 4.52. The maximum atomic E-state index is 12.8. The molecule has 5 aliphatic rings. The van der Waals surface area contributed by atoms with Gasteiger partial charge in [0.1, 0.15) is 0 Å². The maximum absolute atomic E-state index is 12.8. The van der Waals surface area contributed by atoms with Gasteiger partial charge in [-0.3, -0.25) is 4.79 Å². The fourth-order valence-corrected chi connectivity index (χ4v) is 10.8. The Morgan fingerprint density at radius 2 is 1.58 bits per heavy atom. The molecule has 0 N–H and O–H groups in total. The Bertz CT molecular complexity index is 848. The average Bonchev–Trinajstić information content (AvgIpc) is 3.04. The topological polar surface area (TPSA) is 17.1 Å². The quantitative estimate of drug-likeness (QED) is 0.391. The van der Waals surface area contributed by atoms with Gasteiger partial charge in [0.05, 0.1) is 0 Å². The van der Waals surface area contributed by atoms with Crippen LogP contribution in [0.1, 0.15) is 99.8 Å². The molecular weight excluding hydrogens is 376 g/mol. The molecule has 31 heavy (non-hydrogen) atoms. The molecule has 0 unspecified atom stereocenters. The lowest BCUT2D eigenvalue weighted by Crippen LogP contribution is -2.65. The van der Waals surface area contributed by atoms with Crippen molar-refractivity contribution < 1.29 is 4.79 Å². The highest BCUT2D eigenvalue weighted by Gasteiger charge is 2.69. The molecule has 0 heterocycles. The van der Waals surface area contributed by atoms with Crippen molar-refractivity contribution in [3.63, 3.8) is 0 Å². The van der Waals surface area contributed by atoms with Crippen LogP contribution < -0.4 is 0 Å². The summed E-state index contributed by atoms with van der Waals surface area (Å²) in [6.45, 7) is 21.7. The lowest BCUT2D eigenvalue weighted by Gasteiger charge is -2.71. The highest BCUT2D eigenvalue weighted by atomic mass is 16.1. The Morgan fingerprint density at radius 3 is 2.26 bits per heavy atom. The molecule has 0 radical (unpaired) electrons. The zero-order chi connectivity index (χ0) is 22.6. The summed E-state index contributed by atoms with van der Waals surface area (Å²) in [6.07, 6.45) is 15.1. The molecular formula is C30H46O. The van der Waals surface area contributed by atoms with Crippen molar-refractivity contribution >= 4 is 5.78 Å². The van der Waals surface area contributed by atoms with Crippen LogP contribution in [0.15, 0.2) is 24.3 Å². The summed E-state index contributed by atoms with van der Waals surface area (Å²) in [5.74, 6) is 3.91. The fraction of sp³-hybridized carbons (Fsp3) is 0.833. The van der Waals surface area contributed by atoms with Gasteiger partial charge in [-0.25, -0.2) is 0 Å². The van der Waals surface area contributed by atoms with E-state index in [1.54, 1.807) is 0 Å². The second-order valence-corrected chi connectivity index (χ2v) is 14.1. The monoisotopic (exact) mass is 422 g/mol. The number of fused-ring (bicyclic) bond motifs is 7. The van der Waals surface area contributed by atoms with Crippen LogP contribution in [0.25, 0.3) is 0 Å². The highest BCUT2D eigenvalue weighted by Crippen LogP contribution is 2.76. The largest absolute Gasteiger partial charge is 0.294 e. The predicted molar refractivity (Wildman–Crippen MR) is 130 cm³/mol. The number of carbonyl (C=O) groups excluding carboxylic acids is 1. The van der Waals surface area contributed by atoms with Gasteiger partial charge in [-0.15, -0.1) is 0 Å². The molecule has 9 atom stereocenters. The Balaban J connectivity index is 1.57. The first-order valence-corrected chi connectivity index (χ1v) is 13.2. The van der Waals surface area contributed by atoms with Gasteiger partial charge >= 0.3 is 0 Å². The molecule has 1 nitrogen and oxygen atoms in total. The minimum absolute atomic E-state index is 0.155. The standard InChI is InChI=1S/C30H46O/c1-19(2)20-11-14-27(5)17-18-29(7)21(25(20)27)9-10-23-28(6)15-13-24(31)26(3,4)22(28)12-16-30(23,29)8/h13,15,20-23,25H,1,9-12,14,16-18H2,2-8H3/t20-,21-,22-,23+,25+,27+,28-,29+,30+/m0/s1. The van der Waals surface area contributed by atoms with E-state index in [-0.39, 0.29) is 10.8 Å². The van der Waals surface area contributed by atoms with Gasteiger partial charge in [-0.05, 0) is 116 Å². The van der Waals surface area contributed by atoms with E-state index in [2.05, 4.69) is 61.1 Å². The van der Waals surface area contributed by atoms with Crippen LogP contribution in [0, 0.1) is 56.7 Å². The first-order chi connectivity index (χ1) is 14.3. The Morgan fingerprint density at radius 1 is 0.871 bits per heavy atom. The van der Waals surface area contributed by atoms with E-state index in [9.17, 15) is 4.79 Å². The first-order valence-electron chi connectivity index (χ1n) is 13.2. The van der Waals surface area contributed by atoms with Gasteiger partial charge in [-0.2, -0.15) is 0 Å². The molecule has 0 aromatic heterocycles. The molecule has 4 fully saturated rings. The normalized spacial score (nSPS) is 55.1. The molecule has 0 aromatic rings. The lowest BCUT2D eigenvalue weighted by molar-refractivity contribution is -0.216. The second kappa shape index (κ2) is 6.38. The van der Waals surface area contributed by atoms with Gasteiger partial charge in [0.2, 0.25) is 0 Å². The van der Waals surface area contributed by atoms with Gasteiger partial charge in [-0.1, -0.05) is 59.8 Å². The molecule has 5 rings (SSSR count). The molecule has 0 aliphatic heterocycles. The van der Waals surface area contributed by atoms with Crippen molar-refractivity contribution in [2.24, 2.45) is 56.7 Å². The van der Waals surface area contributed by atoms with Crippen molar-refractivity contribution in [2.75, 3.05) is 0 Å². The van der Waals surface area contributed by atoms with E-state index in [0.29, 0.717) is 33.9 Å². The van der Waals surface area contributed by atoms with Crippen LogP contribution >= 0.6 is 0 Å². The van der Waals surface area contributed by atoms with E-state index < -0.39 is 0 Å². The zero-order valence-corrected chi connectivity index (χ0v) is 21.3. The van der Waals surface area contributed by atoms with E-state index >= 15 is 0 Å². The number of hydrogen-bond donors (Lipinski definition) is 0. The third-order valence-electron chi connectivity index (χ3n) is 12.8. The summed E-state index contributed by atoms with van der Waals surface area (Å²) >= 11 is 0. The van der Waals surface area contributed by atoms with E-state index in [0.717, 1.165) is 17.8 Å². The molecule has 0 saturated heterocycles. The van der Waals surface area contributed by atoms with E-state index in [1.807, 2.05) is 6.08 Å². The molecule has 172 valence electrons. The molecule has 0 aromatic carbocycles. The van der Waals surface area contributed by atoms with Crippen LogP contribution in [-0.2, 0) is 4.79 Å². The summed E-state index contributed by atoms with van der Waals surface area (Å²) < 4.78 is 0. The van der Waals surface area contributed by atoms with E-state index in [4.69, 9.17) is 0 Å². The molecule has 4 saturated carbocycles. The third kappa shape index (κ3) is 2.53. The third-order valence-corrected chi connectivity index (χ3v) is 12.8. The van der Waals surface area contributed by atoms with Crippen LogP contribution in [0.4, 0.5) is 0 Å². The second-order valence-electron chi connectivity index (χ2n) is 14.1. The summed E-state index contributed by atoms with van der Waals surface area (Å²) in [5, 5.41) is 0.